The molecule has 14 heavy (non-hydrogen) atoms. The molecule has 1 aliphatic heterocycles. The lowest BCUT2D eigenvalue weighted by molar-refractivity contribution is -0.0678. The van der Waals surface area contributed by atoms with Crippen LogP contribution in [0, 0.1) is 0 Å². The Balaban J connectivity index is 2.16. The predicted octanol–water partition coefficient (Wildman–Crippen LogP) is 1.52. The molecule has 0 bridgehead atoms. The topological polar surface area (TPSA) is 38.7 Å². The van der Waals surface area contributed by atoms with Crippen LogP contribution in [-0.4, -0.2) is 25.1 Å². The van der Waals surface area contributed by atoms with E-state index in [-0.39, 0.29) is 5.92 Å². The Kier molecular flexibility index (Phi) is 2.70. The molecule has 1 saturated heterocycles. The van der Waals surface area contributed by atoms with E-state index in [1.807, 2.05) is 24.3 Å². The van der Waals surface area contributed by atoms with Crippen molar-refractivity contribution in [2.45, 2.75) is 18.6 Å². The van der Waals surface area contributed by atoms with Crippen molar-refractivity contribution >= 4 is 0 Å². The number of hydrogen-bond acceptors (Lipinski definition) is 3. The number of methoxy groups -OCH3 is 1. The van der Waals surface area contributed by atoms with Crippen LogP contribution < -0.4 is 4.74 Å². The molecule has 2 atom stereocenters. The Morgan fingerprint density at radius 3 is 2.57 bits per heavy atom. The fraction of sp³-hybridized carbons (Fsp3) is 0.455. The van der Waals surface area contributed by atoms with E-state index in [9.17, 15) is 5.11 Å². The van der Waals surface area contributed by atoms with Gasteiger partial charge < -0.3 is 14.6 Å². The largest absolute Gasteiger partial charge is 0.497 e. The molecule has 2 unspecified atom stereocenters. The SMILES string of the molecule is COc1ccc(C2CCOC2O)cc1. The van der Waals surface area contributed by atoms with E-state index in [0.29, 0.717) is 6.61 Å². The van der Waals surface area contributed by atoms with E-state index in [1.54, 1.807) is 7.11 Å². The Morgan fingerprint density at radius 1 is 1.36 bits per heavy atom. The van der Waals surface area contributed by atoms with Gasteiger partial charge in [0.1, 0.15) is 5.75 Å². The van der Waals surface area contributed by atoms with Gasteiger partial charge in [-0.3, -0.25) is 0 Å². The quantitative estimate of drug-likeness (QED) is 0.775. The summed E-state index contributed by atoms with van der Waals surface area (Å²) >= 11 is 0. The molecule has 0 saturated carbocycles. The highest BCUT2D eigenvalue weighted by Crippen LogP contribution is 2.30. The Labute approximate surface area is 83.3 Å². The van der Waals surface area contributed by atoms with E-state index in [4.69, 9.17) is 9.47 Å². The van der Waals surface area contributed by atoms with Gasteiger partial charge in [-0.2, -0.15) is 0 Å². The number of benzene rings is 1. The van der Waals surface area contributed by atoms with Gasteiger partial charge in [-0.25, -0.2) is 0 Å². The molecule has 1 aliphatic rings. The highest BCUT2D eigenvalue weighted by atomic mass is 16.6. The summed E-state index contributed by atoms with van der Waals surface area (Å²) in [6, 6.07) is 7.75. The van der Waals surface area contributed by atoms with Gasteiger partial charge in [0.15, 0.2) is 6.29 Å². The van der Waals surface area contributed by atoms with Crippen LogP contribution in [0.2, 0.25) is 0 Å². The Morgan fingerprint density at radius 2 is 2.07 bits per heavy atom. The monoisotopic (exact) mass is 194 g/mol. The highest BCUT2D eigenvalue weighted by Gasteiger charge is 2.27. The van der Waals surface area contributed by atoms with Gasteiger partial charge in [-0.1, -0.05) is 12.1 Å². The second kappa shape index (κ2) is 3.98. The highest BCUT2D eigenvalue weighted by molar-refractivity contribution is 5.30. The fourth-order valence-electron chi connectivity index (χ4n) is 1.76. The van der Waals surface area contributed by atoms with Gasteiger partial charge >= 0.3 is 0 Å². The predicted molar refractivity (Wildman–Crippen MR) is 52.3 cm³/mol. The summed E-state index contributed by atoms with van der Waals surface area (Å²) in [4.78, 5) is 0. The molecular weight excluding hydrogens is 180 g/mol. The zero-order valence-electron chi connectivity index (χ0n) is 8.14. The van der Waals surface area contributed by atoms with Crippen molar-refractivity contribution in [2.24, 2.45) is 0 Å². The summed E-state index contributed by atoms with van der Waals surface area (Å²) in [6.07, 6.45) is 0.233. The summed E-state index contributed by atoms with van der Waals surface area (Å²) < 4.78 is 10.2. The first-order valence-corrected chi connectivity index (χ1v) is 4.75. The first-order valence-electron chi connectivity index (χ1n) is 4.75. The van der Waals surface area contributed by atoms with Crippen LogP contribution >= 0.6 is 0 Å². The molecule has 0 aliphatic carbocycles. The van der Waals surface area contributed by atoms with Gasteiger partial charge in [0.05, 0.1) is 13.7 Å². The van der Waals surface area contributed by atoms with Crippen molar-refractivity contribution in [2.75, 3.05) is 13.7 Å². The van der Waals surface area contributed by atoms with Crippen molar-refractivity contribution in [3.63, 3.8) is 0 Å². The van der Waals surface area contributed by atoms with E-state index < -0.39 is 6.29 Å². The molecule has 1 heterocycles. The third-order valence-corrected chi connectivity index (χ3v) is 2.61. The van der Waals surface area contributed by atoms with E-state index in [0.717, 1.165) is 17.7 Å². The first kappa shape index (κ1) is 9.49. The average Bonchev–Trinajstić information content (AvgIpc) is 2.65. The molecule has 0 radical (unpaired) electrons. The van der Waals surface area contributed by atoms with E-state index in [2.05, 4.69) is 0 Å². The molecule has 3 heteroatoms. The van der Waals surface area contributed by atoms with E-state index in [1.165, 1.54) is 0 Å². The number of hydrogen-bond donors (Lipinski definition) is 1. The number of aliphatic hydroxyl groups excluding tert-OH is 1. The van der Waals surface area contributed by atoms with Crippen molar-refractivity contribution in [3.8, 4) is 5.75 Å². The van der Waals surface area contributed by atoms with Crippen molar-refractivity contribution in [1.82, 2.24) is 0 Å². The molecule has 1 N–H and O–H groups in total. The van der Waals surface area contributed by atoms with Crippen LogP contribution in [0.25, 0.3) is 0 Å². The van der Waals surface area contributed by atoms with Gasteiger partial charge in [0.25, 0.3) is 0 Å². The maximum atomic E-state index is 9.52. The van der Waals surface area contributed by atoms with Crippen LogP contribution in [0.1, 0.15) is 17.9 Å². The van der Waals surface area contributed by atoms with Crippen LogP contribution in [-0.2, 0) is 4.74 Å². The normalized spacial score (nSPS) is 26.4. The molecule has 1 aromatic rings. The summed E-state index contributed by atoms with van der Waals surface area (Å²) in [5.41, 5.74) is 1.11. The average molecular weight is 194 g/mol. The second-order valence-corrected chi connectivity index (χ2v) is 3.43. The van der Waals surface area contributed by atoms with Gasteiger partial charge in [0.2, 0.25) is 0 Å². The van der Waals surface area contributed by atoms with Crippen LogP contribution in [0.5, 0.6) is 5.75 Å². The number of rotatable bonds is 2. The summed E-state index contributed by atoms with van der Waals surface area (Å²) in [7, 11) is 1.64. The lowest BCUT2D eigenvalue weighted by Gasteiger charge is -2.13. The summed E-state index contributed by atoms with van der Waals surface area (Å²) in [6.45, 7) is 0.637. The van der Waals surface area contributed by atoms with Gasteiger partial charge in [-0.05, 0) is 24.1 Å². The maximum Gasteiger partial charge on any atom is 0.161 e. The van der Waals surface area contributed by atoms with Crippen molar-refractivity contribution in [3.05, 3.63) is 29.8 Å². The van der Waals surface area contributed by atoms with Crippen LogP contribution in [0.3, 0.4) is 0 Å². The number of aliphatic hydroxyl groups is 1. The van der Waals surface area contributed by atoms with Crippen LogP contribution in [0.15, 0.2) is 24.3 Å². The molecule has 76 valence electrons. The molecule has 0 aromatic heterocycles. The minimum absolute atomic E-state index is 0.112. The van der Waals surface area contributed by atoms with Crippen LogP contribution in [0.4, 0.5) is 0 Å². The molecule has 2 rings (SSSR count). The molecule has 0 spiro atoms. The molecule has 1 fully saturated rings. The van der Waals surface area contributed by atoms with Gasteiger partial charge in [0, 0.05) is 5.92 Å². The smallest absolute Gasteiger partial charge is 0.161 e. The van der Waals surface area contributed by atoms with Crippen molar-refractivity contribution < 1.29 is 14.6 Å². The Hall–Kier alpha value is -1.06. The molecule has 3 nitrogen and oxygen atoms in total. The minimum atomic E-state index is -0.650. The second-order valence-electron chi connectivity index (χ2n) is 3.43. The minimum Gasteiger partial charge on any atom is -0.497 e. The third-order valence-electron chi connectivity index (χ3n) is 2.61. The standard InChI is InChI=1S/C11H14O3/c1-13-9-4-2-8(3-5-9)10-6-7-14-11(10)12/h2-5,10-12H,6-7H2,1H3. The first-order chi connectivity index (χ1) is 6.81. The molecule has 0 amide bonds. The summed E-state index contributed by atoms with van der Waals surface area (Å²) in [5.74, 6) is 0.947. The fourth-order valence-corrected chi connectivity index (χ4v) is 1.76. The van der Waals surface area contributed by atoms with Gasteiger partial charge in [-0.15, -0.1) is 0 Å². The van der Waals surface area contributed by atoms with Crippen molar-refractivity contribution in [1.29, 1.82) is 0 Å². The lowest BCUT2D eigenvalue weighted by Crippen LogP contribution is -2.12. The lowest BCUT2D eigenvalue weighted by atomic mass is 9.97. The zero-order chi connectivity index (χ0) is 9.97. The Bertz CT molecular complexity index is 294. The number of ether oxygens (including phenoxy) is 2. The van der Waals surface area contributed by atoms with E-state index >= 15 is 0 Å². The maximum absolute atomic E-state index is 9.52. The zero-order valence-corrected chi connectivity index (χ0v) is 8.14. The molecule has 1 aromatic carbocycles. The molecular formula is C11H14O3. The third kappa shape index (κ3) is 1.74. The summed E-state index contributed by atoms with van der Waals surface area (Å²) in [5, 5.41) is 9.52.